The predicted octanol–water partition coefficient (Wildman–Crippen LogP) is 3.45. The fourth-order valence-electron chi connectivity index (χ4n) is 0.723. The third kappa shape index (κ3) is 2.24. The van der Waals surface area contributed by atoms with Crippen molar-refractivity contribution >= 4 is 23.4 Å². The van der Waals surface area contributed by atoms with E-state index in [1.165, 1.54) is 4.90 Å². The van der Waals surface area contributed by atoms with Gasteiger partial charge >= 0.3 is 0 Å². The van der Waals surface area contributed by atoms with Gasteiger partial charge in [0.1, 0.15) is 0 Å². The number of rotatable bonds is 2. The molecule has 0 aliphatic rings. The van der Waals surface area contributed by atoms with Crippen molar-refractivity contribution in [1.82, 2.24) is 0 Å². The molecule has 0 nitrogen and oxygen atoms in total. The van der Waals surface area contributed by atoms with Crippen LogP contribution in [-0.4, -0.2) is 5.75 Å². The molecule has 10 heavy (non-hydrogen) atoms. The highest BCUT2D eigenvalue weighted by Crippen LogP contribution is 2.20. The van der Waals surface area contributed by atoms with Crippen molar-refractivity contribution in [3.63, 3.8) is 0 Å². The maximum atomic E-state index is 5.77. The molecule has 0 bridgehead atoms. The fourth-order valence-corrected chi connectivity index (χ4v) is 1.70. The van der Waals surface area contributed by atoms with E-state index >= 15 is 0 Å². The molecule has 0 aliphatic heterocycles. The molecule has 0 spiro atoms. The zero-order valence-electron chi connectivity index (χ0n) is 5.80. The van der Waals surface area contributed by atoms with Gasteiger partial charge in [0.2, 0.25) is 0 Å². The minimum atomic E-state index is 0.818. The third-order valence-electron chi connectivity index (χ3n) is 1.11. The first-order valence-electron chi connectivity index (χ1n) is 3.21. The first-order chi connectivity index (χ1) is 4.83. The average molecular weight is 173 g/mol. The van der Waals surface area contributed by atoms with Crippen LogP contribution in [0.5, 0.6) is 0 Å². The van der Waals surface area contributed by atoms with Crippen LogP contribution in [0.3, 0.4) is 0 Å². The number of thioether (sulfide) groups is 1. The Morgan fingerprint density at radius 3 is 2.90 bits per heavy atom. The number of hydrogen-bond donors (Lipinski definition) is 0. The number of hydrogen-bond acceptors (Lipinski definition) is 1. The summed E-state index contributed by atoms with van der Waals surface area (Å²) in [5.74, 6) is 1.10. The summed E-state index contributed by atoms with van der Waals surface area (Å²) in [6.07, 6.45) is 0. The highest BCUT2D eigenvalue weighted by Gasteiger charge is 1.90. The summed E-state index contributed by atoms with van der Waals surface area (Å²) >= 11 is 7.57. The van der Waals surface area contributed by atoms with E-state index in [-0.39, 0.29) is 0 Å². The third-order valence-corrected chi connectivity index (χ3v) is 2.22. The monoisotopic (exact) mass is 172 g/mol. The molecule has 0 amide bonds. The molecule has 0 heterocycles. The van der Waals surface area contributed by atoms with Crippen LogP contribution in [0.2, 0.25) is 5.02 Å². The van der Waals surface area contributed by atoms with Gasteiger partial charge in [-0.25, -0.2) is 0 Å². The van der Waals surface area contributed by atoms with Gasteiger partial charge in [-0.15, -0.1) is 11.8 Å². The van der Waals surface area contributed by atoms with Crippen molar-refractivity contribution in [3.8, 4) is 0 Å². The van der Waals surface area contributed by atoms with Crippen LogP contribution in [0.15, 0.2) is 29.2 Å². The topological polar surface area (TPSA) is 0 Å². The molecule has 0 aromatic heterocycles. The molecule has 0 saturated carbocycles. The van der Waals surface area contributed by atoms with Gasteiger partial charge in [0.15, 0.2) is 0 Å². The Kier molecular flexibility index (Phi) is 3.10. The van der Waals surface area contributed by atoms with E-state index in [2.05, 4.69) is 13.0 Å². The largest absolute Gasteiger partial charge is 0.126 e. The van der Waals surface area contributed by atoms with Crippen LogP contribution >= 0.6 is 23.4 Å². The maximum absolute atomic E-state index is 5.77. The molecule has 0 saturated heterocycles. The Morgan fingerprint density at radius 2 is 2.30 bits per heavy atom. The number of benzene rings is 1. The molecular formula is C8H9ClS. The average Bonchev–Trinajstić information content (AvgIpc) is 1.88. The standard InChI is InChI=1S/C8H9ClS/c1-2-10-8-5-3-4-7(9)6-8/h3-6H,2H2,1H3. The summed E-state index contributed by atoms with van der Waals surface area (Å²) in [5.41, 5.74) is 0. The van der Waals surface area contributed by atoms with Crippen molar-refractivity contribution in [2.75, 3.05) is 5.75 Å². The first-order valence-corrected chi connectivity index (χ1v) is 4.57. The van der Waals surface area contributed by atoms with Gasteiger partial charge in [0.25, 0.3) is 0 Å². The second-order valence-electron chi connectivity index (χ2n) is 1.89. The fraction of sp³-hybridized carbons (Fsp3) is 0.250. The Balaban J connectivity index is 2.75. The van der Waals surface area contributed by atoms with Crippen molar-refractivity contribution in [2.24, 2.45) is 0 Å². The van der Waals surface area contributed by atoms with Gasteiger partial charge in [-0.2, -0.15) is 0 Å². The molecule has 1 aromatic rings. The van der Waals surface area contributed by atoms with Gasteiger partial charge in [-0.05, 0) is 24.0 Å². The minimum Gasteiger partial charge on any atom is -0.126 e. The van der Waals surface area contributed by atoms with Crippen LogP contribution in [0.25, 0.3) is 0 Å². The quantitative estimate of drug-likeness (QED) is 0.616. The highest BCUT2D eigenvalue weighted by molar-refractivity contribution is 7.99. The van der Waals surface area contributed by atoms with E-state index in [1.54, 1.807) is 11.8 Å². The number of halogens is 1. The molecule has 0 unspecified atom stereocenters. The summed E-state index contributed by atoms with van der Waals surface area (Å²) in [4.78, 5) is 1.25. The normalized spacial score (nSPS) is 9.80. The molecule has 2 heteroatoms. The van der Waals surface area contributed by atoms with Crippen LogP contribution in [-0.2, 0) is 0 Å². The van der Waals surface area contributed by atoms with Crippen molar-refractivity contribution in [3.05, 3.63) is 29.3 Å². The van der Waals surface area contributed by atoms with E-state index in [0.29, 0.717) is 0 Å². The van der Waals surface area contributed by atoms with Crippen molar-refractivity contribution < 1.29 is 0 Å². The minimum absolute atomic E-state index is 0.818. The Hall–Kier alpha value is -0.140. The van der Waals surface area contributed by atoms with Crippen molar-refractivity contribution in [1.29, 1.82) is 0 Å². The van der Waals surface area contributed by atoms with Crippen LogP contribution in [0.4, 0.5) is 0 Å². The summed E-state index contributed by atoms with van der Waals surface area (Å²) in [6.45, 7) is 2.13. The molecule has 0 radical (unpaired) electrons. The van der Waals surface area contributed by atoms with Gasteiger partial charge in [0, 0.05) is 9.92 Å². The zero-order chi connectivity index (χ0) is 7.40. The van der Waals surface area contributed by atoms with E-state index in [4.69, 9.17) is 11.6 Å². The smallest absolute Gasteiger partial charge is 0.0417 e. The molecule has 0 atom stereocenters. The van der Waals surface area contributed by atoms with Crippen LogP contribution in [0, 0.1) is 0 Å². The molecule has 1 aromatic carbocycles. The summed E-state index contributed by atoms with van der Waals surface area (Å²) in [5, 5.41) is 0.818. The predicted molar refractivity (Wildman–Crippen MR) is 47.9 cm³/mol. The summed E-state index contributed by atoms with van der Waals surface area (Å²) < 4.78 is 0. The van der Waals surface area contributed by atoms with Crippen LogP contribution < -0.4 is 0 Å². The highest BCUT2D eigenvalue weighted by atomic mass is 35.5. The van der Waals surface area contributed by atoms with E-state index in [9.17, 15) is 0 Å². The van der Waals surface area contributed by atoms with Gasteiger partial charge in [0.05, 0.1) is 0 Å². The lowest BCUT2D eigenvalue weighted by molar-refractivity contribution is 1.43. The van der Waals surface area contributed by atoms with Crippen LogP contribution in [0.1, 0.15) is 6.92 Å². The van der Waals surface area contributed by atoms with E-state index < -0.39 is 0 Å². The summed E-state index contributed by atoms with van der Waals surface area (Å²) in [6, 6.07) is 7.91. The Morgan fingerprint density at radius 1 is 1.50 bits per heavy atom. The molecule has 0 N–H and O–H groups in total. The molecule has 0 fully saturated rings. The Labute approximate surface area is 70.6 Å². The SMILES string of the molecule is CCSc1cccc(Cl)c1. The lowest BCUT2D eigenvalue weighted by atomic mass is 10.4. The molecule has 54 valence electrons. The second kappa shape index (κ2) is 3.89. The van der Waals surface area contributed by atoms with Gasteiger partial charge < -0.3 is 0 Å². The first kappa shape index (κ1) is 7.96. The van der Waals surface area contributed by atoms with Gasteiger partial charge in [-0.3, -0.25) is 0 Å². The van der Waals surface area contributed by atoms with E-state index in [1.807, 2.05) is 18.2 Å². The zero-order valence-corrected chi connectivity index (χ0v) is 7.38. The summed E-state index contributed by atoms with van der Waals surface area (Å²) in [7, 11) is 0. The Bertz CT molecular complexity index is 210. The lowest BCUT2D eigenvalue weighted by Gasteiger charge is -1.96. The van der Waals surface area contributed by atoms with E-state index in [0.717, 1.165) is 10.8 Å². The maximum Gasteiger partial charge on any atom is 0.0417 e. The second-order valence-corrected chi connectivity index (χ2v) is 3.66. The lowest BCUT2D eigenvalue weighted by Crippen LogP contribution is -1.71. The van der Waals surface area contributed by atoms with Crippen molar-refractivity contribution in [2.45, 2.75) is 11.8 Å². The molecule has 1 rings (SSSR count). The van der Waals surface area contributed by atoms with Gasteiger partial charge in [-0.1, -0.05) is 24.6 Å². The molecular weight excluding hydrogens is 164 g/mol. The molecule has 0 aliphatic carbocycles.